The minimum atomic E-state index is -3.86. The third kappa shape index (κ3) is 2.32. The Morgan fingerprint density at radius 3 is 2.65 bits per heavy atom. The molecule has 0 aromatic heterocycles. The lowest BCUT2D eigenvalue weighted by molar-refractivity contribution is -0.146. The van der Waals surface area contributed by atoms with Gasteiger partial charge >= 0.3 is 5.97 Å². The molecule has 1 heterocycles. The van der Waals surface area contributed by atoms with Gasteiger partial charge in [-0.05, 0) is 44.4 Å². The van der Waals surface area contributed by atoms with Gasteiger partial charge in [0.05, 0.1) is 4.90 Å². The molecule has 0 bridgehead atoms. The van der Waals surface area contributed by atoms with Gasteiger partial charge in [-0.25, -0.2) is 8.42 Å². The van der Waals surface area contributed by atoms with Crippen molar-refractivity contribution in [3.63, 3.8) is 0 Å². The second-order valence-corrected chi connectivity index (χ2v) is 7.44. The van der Waals surface area contributed by atoms with E-state index in [0.717, 1.165) is 9.87 Å². The molecular weight excluding hydrogens is 302 g/mol. The van der Waals surface area contributed by atoms with Crippen molar-refractivity contribution in [1.82, 2.24) is 4.31 Å². The highest BCUT2D eigenvalue weighted by Gasteiger charge is 2.49. The molecule has 1 aliphatic heterocycles. The summed E-state index contributed by atoms with van der Waals surface area (Å²) in [5, 5.41) is 9.67. The average Bonchev–Trinajstić information content (AvgIpc) is 2.77. The number of aryl methyl sites for hydroxylation is 1. The van der Waals surface area contributed by atoms with E-state index in [-0.39, 0.29) is 11.4 Å². The largest absolute Gasteiger partial charge is 0.480 e. The maximum Gasteiger partial charge on any atom is 0.324 e. The molecule has 0 aliphatic carbocycles. The van der Waals surface area contributed by atoms with E-state index in [1.165, 1.54) is 19.1 Å². The van der Waals surface area contributed by atoms with Crippen molar-refractivity contribution in [3.8, 4) is 0 Å². The van der Waals surface area contributed by atoms with Crippen LogP contribution in [0.15, 0.2) is 23.1 Å². The summed E-state index contributed by atoms with van der Waals surface area (Å²) in [6.07, 6.45) is 0.836. The fourth-order valence-electron chi connectivity index (χ4n) is 2.40. The maximum absolute atomic E-state index is 12.6. The number of sulfonamides is 1. The molecule has 1 saturated heterocycles. The number of hydrogen-bond acceptors (Lipinski definition) is 3. The second-order valence-electron chi connectivity index (χ2n) is 5.17. The van der Waals surface area contributed by atoms with E-state index in [4.69, 9.17) is 11.6 Å². The van der Waals surface area contributed by atoms with Crippen LogP contribution in [-0.2, 0) is 14.8 Å². The van der Waals surface area contributed by atoms with Gasteiger partial charge in [-0.3, -0.25) is 4.79 Å². The predicted molar refractivity (Wildman–Crippen MR) is 75.4 cm³/mol. The highest BCUT2D eigenvalue weighted by atomic mass is 35.5. The predicted octanol–water partition coefficient (Wildman–Crippen LogP) is 2.28. The first-order valence-corrected chi connectivity index (χ1v) is 8.04. The molecule has 1 N–H and O–H groups in total. The molecule has 110 valence electrons. The lowest BCUT2D eigenvalue weighted by Crippen LogP contribution is -2.50. The summed E-state index contributed by atoms with van der Waals surface area (Å²) in [5.41, 5.74) is -0.621. The van der Waals surface area contributed by atoms with Gasteiger partial charge in [0.25, 0.3) is 0 Å². The molecule has 20 heavy (non-hydrogen) atoms. The Hall–Kier alpha value is -1.11. The highest BCUT2D eigenvalue weighted by Crippen LogP contribution is 2.35. The van der Waals surface area contributed by atoms with Crippen molar-refractivity contribution in [2.75, 3.05) is 6.54 Å². The Morgan fingerprint density at radius 1 is 1.45 bits per heavy atom. The summed E-state index contributed by atoms with van der Waals surface area (Å²) in [6.45, 7) is 3.42. The van der Waals surface area contributed by atoms with E-state index < -0.39 is 21.5 Å². The van der Waals surface area contributed by atoms with Gasteiger partial charge in [-0.2, -0.15) is 4.31 Å². The SMILES string of the molecule is Cc1ccc(S(=O)(=O)N2CCC[C@@]2(C)C(=O)O)cc1Cl. The Morgan fingerprint density at radius 2 is 2.10 bits per heavy atom. The van der Waals surface area contributed by atoms with Gasteiger partial charge in [0.2, 0.25) is 10.0 Å². The molecular formula is C13H16ClNO4S. The molecule has 5 nitrogen and oxygen atoms in total. The summed E-state index contributed by atoms with van der Waals surface area (Å²) < 4.78 is 26.3. The van der Waals surface area contributed by atoms with Crippen molar-refractivity contribution in [2.45, 2.75) is 37.1 Å². The van der Waals surface area contributed by atoms with E-state index in [2.05, 4.69) is 0 Å². The van der Waals surface area contributed by atoms with Crippen LogP contribution in [0.1, 0.15) is 25.3 Å². The Balaban J connectivity index is 2.49. The quantitative estimate of drug-likeness (QED) is 0.928. The standard InChI is InChI=1S/C13H16ClNO4S/c1-9-4-5-10(8-11(9)14)20(18,19)15-7-3-6-13(15,2)12(16)17/h4-5,8H,3,6-7H2,1-2H3,(H,16,17)/t13-/m0/s1. The number of carboxylic acids is 1. The van der Waals surface area contributed by atoms with Gasteiger partial charge < -0.3 is 5.11 Å². The average molecular weight is 318 g/mol. The summed E-state index contributed by atoms with van der Waals surface area (Å²) in [5.74, 6) is -1.13. The molecule has 1 aromatic rings. The Labute approximate surface area is 123 Å². The van der Waals surface area contributed by atoms with Crippen LogP contribution in [0.25, 0.3) is 0 Å². The second kappa shape index (κ2) is 5.02. The molecule has 0 radical (unpaired) electrons. The third-order valence-electron chi connectivity index (χ3n) is 3.77. The minimum absolute atomic E-state index is 0.0301. The fourth-order valence-corrected chi connectivity index (χ4v) is 4.47. The van der Waals surface area contributed by atoms with Crippen molar-refractivity contribution < 1.29 is 18.3 Å². The van der Waals surface area contributed by atoms with Crippen LogP contribution in [0, 0.1) is 6.92 Å². The number of halogens is 1. The van der Waals surface area contributed by atoms with Crippen molar-refractivity contribution in [2.24, 2.45) is 0 Å². The van der Waals surface area contributed by atoms with Crippen LogP contribution in [-0.4, -0.2) is 35.9 Å². The molecule has 0 spiro atoms. The molecule has 0 unspecified atom stereocenters. The van der Waals surface area contributed by atoms with Gasteiger partial charge in [0.1, 0.15) is 5.54 Å². The molecule has 2 rings (SSSR count). The number of aliphatic carboxylic acids is 1. The van der Waals surface area contributed by atoms with Gasteiger partial charge in [0, 0.05) is 11.6 Å². The number of carboxylic acid groups (broad SMARTS) is 1. The number of carbonyl (C=O) groups is 1. The number of hydrogen-bond donors (Lipinski definition) is 1. The van der Waals surface area contributed by atoms with Crippen molar-refractivity contribution in [3.05, 3.63) is 28.8 Å². The molecule has 1 aromatic carbocycles. The highest BCUT2D eigenvalue weighted by molar-refractivity contribution is 7.89. The number of rotatable bonds is 3. The zero-order valence-electron chi connectivity index (χ0n) is 11.3. The lowest BCUT2D eigenvalue weighted by Gasteiger charge is -2.30. The lowest BCUT2D eigenvalue weighted by atomic mass is 10.0. The van der Waals surface area contributed by atoms with E-state index in [0.29, 0.717) is 17.9 Å². The number of nitrogens with zero attached hydrogens (tertiary/aromatic N) is 1. The summed E-state index contributed by atoms with van der Waals surface area (Å²) in [7, 11) is -3.86. The number of benzene rings is 1. The van der Waals surface area contributed by atoms with E-state index >= 15 is 0 Å². The summed E-state index contributed by atoms with van der Waals surface area (Å²) >= 11 is 5.96. The van der Waals surface area contributed by atoms with Crippen LogP contribution in [0.5, 0.6) is 0 Å². The van der Waals surface area contributed by atoms with Crippen molar-refractivity contribution >= 4 is 27.6 Å². The molecule has 1 atom stereocenters. The van der Waals surface area contributed by atoms with Crippen LogP contribution < -0.4 is 0 Å². The van der Waals surface area contributed by atoms with Crippen LogP contribution in [0.3, 0.4) is 0 Å². The van der Waals surface area contributed by atoms with Crippen LogP contribution in [0.4, 0.5) is 0 Å². The van der Waals surface area contributed by atoms with Gasteiger partial charge in [0.15, 0.2) is 0 Å². The monoisotopic (exact) mass is 317 g/mol. The maximum atomic E-state index is 12.6. The summed E-state index contributed by atoms with van der Waals surface area (Å²) in [4.78, 5) is 11.4. The Bertz CT molecular complexity index is 658. The smallest absolute Gasteiger partial charge is 0.324 e. The van der Waals surface area contributed by atoms with Crippen LogP contribution in [0.2, 0.25) is 5.02 Å². The molecule has 0 saturated carbocycles. The summed E-state index contributed by atoms with van der Waals surface area (Å²) in [6, 6.07) is 4.44. The normalized spacial score (nSPS) is 23.9. The van der Waals surface area contributed by atoms with E-state index in [1.54, 1.807) is 13.0 Å². The molecule has 7 heteroatoms. The first-order valence-electron chi connectivity index (χ1n) is 6.22. The fraction of sp³-hybridized carbons (Fsp3) is 0.462. The zero-order valence-corrected chi connectivity index (χ0v) is 12.8. The first-order chi connectivity index (χ1) is 9.19. The topological polar surface area (TPSA) is 74.7 Å². The zero-order chi connectivity index (χ0) is 15.1. The van der Waals surface area contributed by atoms with E-state index in [9.17, 15) is 18.3 Å². The van der Waals surface area contributed by atoms with Gasteiger partial charge in [-0.1, -0.05) is 17.7 Å². The molecule has 1 fully saturated rings. The van der Waals surface area contributed by atoms with Gasteiger partial charge in [-0.15, -0.1) is 0 Å². The van der Waals surface area contributed by atoms with Crippen LogP contribution >= 0.6 is 11.6 Å². The third-order valence-corrected chi connectivity index (χ3v) is 6.19. The van der Waals surface area contributed by atoms with E-state index in [1.807, 2.05) is 0 Å². The Kier molecular flexibility index (Phi) is 3.83. The first kappa shape index (κ1) is 15.3. The molecule has 0 amide bonds. The minimum Gasteiger partial charge on any atom is -0.480 e. The molecule has 1 aliphatic rings. The van der Waals surface area contributed by atoms with Crippen molar-refractivity contribution in [1.29, 1.82) is 0 Å².